The minimum atomic E-state index is -3.74. The van der Waals surface area contributed by atoms with Crippen LogP contribution in [0.1, 0.15) is 0 Å². The molecule has 20 heavy (non-hydrogen) atoms. The van der Waals surface area contributed by atoms with E-state index in [-0.39, 0.29) is 23.3 Å². The molecule has 10 heteroatoms. The van der Waals surface area contributed by atoms with Crippen LogP contribution in [-0.2, 0) is 21.4 Å². The second-order valence-corrected chi connectivity index (χ2v) is 5.48. The normalized spacial score (nSPS) is 11.2. The number of sulfonamides is 1. The fourth-order valence-corrected chi connectivity index (χ4v) is 1.98. The van der Waals surface area contributed by atoms with E-state index in [4.69, 9.17) is 10.9 Å². The zero-order valence-electron chi connectivity index (χ0n) is 10.2. The summed E-state index contributed by atoms with van der Waals surface area (Å²) in [5.41, 5.74) is 5.76. The summed E-state index contributed by atoms with van der Waals surface area (Å²) in [7, 11) is -3.74. The van der Waals surface area contributed by atoms with Crippen molar-refractivity contribution < 1.29 is 13.2 Å². The van der Waals surface area contributed by atoms with Gasteiger partial charge >= 0.3 is 0 Å². The van der Waals surface area contributed by atoms with E-state index in [0.29, 0.717) is 5.69 Å². The Labute approximate surface area is 114 Å². The number of nitrogens with two attached hydrogens (primary N) is 2. The van der Waals surface area contributed by atoms with E-state index in [0.717, 1.165) is 0 Å². The number of hydrogen-bond acceptors (Lipinski definition) is 6. The highest BCUT2D eigenvalue weighted by molar-refractivity contribution is 7.89. The van der Waals surface area contributed by atoms with Crippen molar-refractivity contribution in [3.05, 3.63) is 30.6 Å². The van der Waals surface area contributed by atoms with Gasteiger partial charge in [0, 0.05) is 5.69 Å². The number of nitrogen functional groups attached to an aromatic ring is 1. The van der Waals surface area contributed by atoms with Crippen LogP contribution in [0.2, 0.25) is 0 Å². The number of nitrogens with zero attached hydrogens (tertiary/aromatic N) is 3. The minimum absolute atomic E-state index is 0.0282. The van der Waals surface area contributed by atoms with Crippen molar-refractivity contribution in [3.63, 3.8) is 0 Å². The van der Waals surface area contributed by atoms with Crippen molar-refractivity contribution >= 4 is 27.6 Å². The second kappa shape index (κ2) is 5.27. The van der Waals surface area contributed by atoms with Crippen LogP contribution >= 0.6 is 0 Å². The highest BCUT2D eigenvalue weighted by Crippen LogP contribution is 2.12. The van der Waals surface area contributed by atoms with E-state index in [1.165, 1.54) is 35.3 Å². The van der Waals surface area contributed by atoms with Crippen LogP contribution in [0.25, 0.3) is 0 Å². The molecule has 0 saturated carbocycles. The first-order valence-corrected chi connectivity index (χ1v) is 6.97. The fourth-order valence-electron chi connectivity index (χ4n) is 1.46. The van der Waals surface area contributed by atoms with Gasteiger partial charge in [0.1, 0.15) is 12.9 Å². The molecule has 0 saturated heterocycles. The molecule has 9 nitrogen and oxygen atoms in total. The van der Waals surface area contributed by atoms with Crippen LogP contribution in [-0.4, -0.2) is 29.1 Å². The molecule has 0 atom stereocenters. The van der Waals surface area contributed by atoms with E-state index in [9.17, 15) is 13.2 Å². The average molecular weight is 296 g/mol. The highest BCUT2D eigenvalue weighted by atomic mass is 32.2. The molecule has 0 fully saturated rings. The molecule has 1 amide bonds. The summed E-state index contributed by atoms with van der Waals surface area (Å²) in [6.45, 7) is -0.0544. The Kier molecular flexibility index (Phi) is 3.68. The summed E-state index contributed by atoms with van der Waals surface area (Å²) in [6, 6.07) is 5.48. The number of anilines is 2. The molecule has 5 N–H and O–H groups in total. The third kappa shape index (κ3) is 3.52. The Morgan fingerprint density at radius 3 is 2.45 bits per heavy atom. The molecule has 0 aliphatic rings. The molecular weight excluding hydrogens is 284 g/mol. The van der Waals surface area contributed by atoms with Crippen LogP contribution < -0.4 is 16.2 Å². The van der Waals surface area contributed by atoms with Gasteiger partial charge in [-0.2, -0.15) is 0 Å². The highest BCUT2D eigenvalue weighted by Gasteiger charge is 2.08. The molecule has 1 aromatic carbocycles. The standard InChI is InChI=1S/C10H12N6O3S/c11-10-13-6-16(15-10)5-9(17)14-7-1-3-8(4-2-7)20(12,18)19/h1-4,6H,5H2,(H2,11,15)(H,14,17)(H2,12,18,19). The maximum atomic E-state index is 11.7. The third-order valence-electron chi connectivity index (χ3n) is 2.33. The molecule has 0 bridgehead atoms. The lowest BCUT2D eigenvalue weighted by atomic mass is 10.3. The van der Waals surface area contributed by atoms with E-state index in [1.807, 2.05) is 0 Å². The molecule has 0 spiro atoms. The number of amides is 1. The predicted molar refractivity (Wildman–Crippen MR) is 70.9 cm³/mol. The predicted octanol–water partition coefficient (Wildman–Crippen LogP) is -0.854. The van der Waals surface area contributed by atoms with E-state index in [1.54, 1.807) is 0 Å². The Bertz CT molecular complexity index is 722. The maximum Gasteiger partial charge on any atom is 0.246 e. The topological polar surface area (TPSA) is 146 Å². The van der Waals surface area contributed by atoms with Gasteiger partial charge in [0.25, 0.3) is 0 Å². The Balaban J connectivity index is 2.01. The van der Waals surface area contributed by atoms with Crippen molar-refractivity contribution in [2.75, 3.05) is 11.1 Å². The SMILES string of the molecule is Nc1ncn(CC(=O)Nc2ccc(S(N)(=O)=O)cc2)n1. The lowest BCUT2D eigenvalue weighted by molar-refractivity contribution is -0.116. The molecular formula is C10H12N6O3S. The zero-order valence-corrected chi connectivity index (χ0v) is 11.0. The van der Waals surface area contributed by atoms with Crippen molar-refractivity contribution in [2.45, 2.75) is 11.4 Å². The van der Waals surface area contributed by atoms with E-state index < -0.39 is 10.0 Å². The number of nitrogens with one attached hydrogen (secondary N) is 1. The third-order valence-corrected chi connectivity index (χ3v) is 3.26. The lowest BCUT2D eigenvalue weighted by Crippen LogP contribution is -2.19. The first kappa shape index (κ1) is 14.0. The molecule has 1 heterocycles. The van der Waals surface area contributed by atoms with Gasteiger partial charge in [0.15, 0.2) is 0 Å². The molecule has 0 aliphatic carbocycles. The van der Waals surface area contributed by atoms with Crippen LogP contribution in [0.5, 0.6) is 0 Å². The quantitative estimate of drug-likeness (QED) is 0.669. The number of aromatic nitrogens is 3. The Morgan fingerprint density at radius 1 is 1.30 bits per heavy atom. The fraction of sp³-hybridized carbons (Fsp3) is 0.100. The molecule has 0 radical (unpaired) electrons. The summed E-state index contributed by atoms with van der Waals surface area (Å²) in [4.78, 5) is 15.3. The van der Waals surface area contributed by atoms with Crippen molar-refractivity contribution in [2.24, 2.45) is 5.14 Å². The first-order chi connectivity index (χ1) is 9.34. The van der Waals surface area contributed by atoms with Gasteiger partial charge in [-0.15, -0.1) is 5.10 Å². The summed E-state index contributed by atoms with van der Waals surface area (Å²) in [5.74, 6) is -0.270. The molecule has 106 valence electrons. The van der Waals surface area contributed by atoms with Gasteiger partial charge < -0.3 is 11.1 Å². The van der Waals surface area contributed by atoms with Crippen molar-refractivity contribution in [3.8, 4) is 0 Å². The number of hydrogen-bond donors (Lipinski definition) is 3. The minimum Gasteiger partial charge on any atom is -0.367 e. The summed E-state index contributed by atoms with van der Waals surface area (Å²) < 4.78 is 23.4. The molecule has 2 aromatic rings. The largest absolute Gasteiger partial charge is 0.367 e. The van der Waals surface area contributed by atoms with Crippen molar-refractivity contribution in [1.82, 2.24) is 14.8 Å². The maximum absolute atomic E-state index is 11.7. The van der Waals surface area contributed by atoms with E-state index >= 15 is 0 Å². The number of primary sulfonamides is 1. The molecule has 2 rings (SSSR count). The summed E-state index contributed by atoms with van der Waals surface area (Å²) in [5, 5.41) is 11.3. The Hall–Kier alpha value is -2.46. The summed E-state index contributed by atoms with van der Waals surface area (Å²) in [6.07, 6.45) is 1.33. The molecule has 0 unspecified atom stereocenters. The number of carbonyl (C=O) groups excluding carboxylic acids is 1. The average Bonchev–Trinajstić information content (AvgIpc) is 2.74. The first-order valence-electron chi connectivity index (χ1n) is 5.42. The van der Waals surface area contributed by atoms with Crippen LogP contribution in [0.4, 0.5) is 11.6 Å². The van der Waals surface area contributed by atoms with Gasteiger partial charge in [0.05, 0.1) is 4.90 Å². The monoisotopic (exact) mass is 296 g/mol. The van der Waals surface area contributed by atoms with Crippen LogP contribution in [0.15, 0.2) is 35.5 Å². The van der Waals surface area contributed by atoms with Gasteiger partial charge in [0.2, 0.25) is 21.9 Å². The second-order valence-electron chi connectivity index (χ2n) is 3.92. The van der Waals surface area contributed by atoms with Gasteiger partial charge in [-0.3, -0.25) is 4.79 Å². The zero-order chi connectivity index (χ0) is 14.8. The number of rotatable bonds is 4. The van der Waals surface area contributed by atoms with Gasteiger partial charge in [-0.05, 0) is 24.3 Å². The Morgan fingerprint density at radius 2 is 1.95 bits per heavy atom. The van der Waals surface area contributed by atoms with Crippen LogP contribution in [0.3, 0.4) is 0 Å². The van der Waals surface area contributed by atoms with Gasteiger partial charge in [-0.1, -0.05) is 0 Å². The summed E-state index contributed by atoms with van der Waals surface area (Å²) >= 11 is 0. The molecule has 0 aliphatic heterocycles. The van der Waals surface area contributed by atoms with E-state index in [2.05, 4.69) is 15.4 Å². The number of carbonyl (C=O) groups is 1. The smallest absolute Gasteiger partial charge is 0.246 e. The van der Waals surface area contributed by atoms with Crippen LogP contribution in [0, 0.1) is 0 Å². The van der Waals surface area contributed by atoms with Gasteiger partial charge in [-0.25, -0.2) is 23.2 Å². The molecule has 1 aromatic heterocycles. The lowest BCUT2D eigenvalue weighted by Gasteiger charge is -2.05. The number of benzene rings is 1. The van der Waals surface area contributed by atoms with Crippen molar-refractivity contribution in [1.29, 1.82) is 0 Å².